The van der Waals surface area contributed by atoms with Crippen LogP contribution in [0, 0.1) is 5.41 Å². The molecule has 8 heteroatoms. The largest absolute Gasteiger partial charge is 0.355 e. The van der Waals surface area contributed by atoms with Crippen LogP contribution >= 0.6 is 0 Å². The number of fused-ring (bicyclic) bond motifs is 3. The second-order valence-electron chi connectivity index (χ2n) is 9.93. The summed E-state index contributed by atoms with van der Waals surface area (Å²) in [5, 5.41) is 0. The molecule has 3 aliphatic heterocycles. The Morgan fingerprint density at radius 2 is 1.76 bits per heavy atom. The van der Waals surface area contributed by atoms with Gasteiger partial charge in [-0.2, -0.15) is 0 Å². The Morgan fingerprint density at radius 3 is 2.62 bits per heavy atom. The average Bonchev–Trinajstić information content (AvgIpc) is 3.43. The zero-order valence-corrected chi connectivity index (χ0v) is 19.2. The highest BCUT2D eigenvalue weighted by atomic mass is 15.3. The lowest BCUT2D eigenvalue weighted by molar-refractivity contribution is 0.186. The van der Waals surface area contributed by atoms with Crippen LogP contribution in [0.15, 0.2) is 47.8 Å². The molecular weight excluding hydrogens is 424 g/mol. The van der Waals surface area contributed by atoms with Crippen molar-refractivity contribution in [1.82, 2.24) is 19.9 Å². The Labute approximate surface area is 199 Å². The number of pyridine rings is 2. The molecule has 7 rings (SSSR count). The smallest absolute Gasteiger partial charge is 0.156 e. The second kappa shape index (κ2) is 7.56. The van der Waals surface area contributed by atoms with E-state index in [2.05, 4.69) is 31.9 Å². The first-order valence-electron chi connectivity index (χ1n) is 12.3. The molecule has 0 amide bonds. The van der Waals surface area contributed by atoms with E-state index < -0.39 is 0 Å². The number of nitrogens with two attached hydrogens (primary N) is 1. The summed E-state index contributed by atoms with van der Waals surface area (Å²) in [5.74, 6) is 1.88. The van der Waals surface area contributed by atoms with Crippen molar-refractivity contribution < 1.29 is 0 Å². The monoisotopic (exact) mass is 452 g/mol. The quantitative estimate of drug-likeness (QED) is 0.606. The number of anilines is 2. The number of aliphatic imine (C=N–C) groups is 1. The molecule has 0 bridgehead atoms. The molecule has 1 saturated heterocycles. The lowest BCUT2D eigenvalue weighted by Crippen LogP contribution is -2.44. The lowest BCUT2D eigenvalue weighted by Gasteiger charge is -2.42. The van der Waals surface area contributed by atoms with Gasteiger partial charge < -0.3 is 15.5 Å². The molecular formula is C26H28N8. The minimum Gasteiger partial charge on any atom is -0.355 e. The minimum atomic E-state index is 0.0716. The third kappa shape index (κ3) is 2.98. The molecule has 1 spiro atoms. The van der Waals surface area contributed by atoms with Crippen molar-refractivity contribution in [2.24, 2.45) is 16.1 Å². The minimum absolute atomic E-state index is 0.0716. The summed E-state index contributed by atoms with van der Waals surface area (Å²) < 4.78 is 0. The van der Waals surface area contributed by atoms with Crippen molar-refractivity contribution in [3.8, 4) is 0 Å². The van der Waals surface area contributed by atoms with Crippen molar-refractivity contribution in [2.75, 3.05) is 29.4 Å². The van der Waals surface area contributed by atoms with Gasteiger partial charge in [0.2, 0.25) is 0 Å². The van der Waals surface area contributed by atoms with Gasteiger partial charge >= 0.3 is 0 Å². The van der Waals surface area contributed by atoms with Gasteiger partial charge in [-0.3, -0.25) is 15.0 Å². The van der Waals surface area contributed by atoms with Crippen molar-refractivity contribution in [2.45, 2.75) is 44.7 Å². The zero-order valence-electron chi connectivity index (χ0n) is 19.2. The van der Waals surface area contributed by atoms with Gasteiger partial charge in [0.1, 0.15) is 11.5 Å². The number of hydrogen-bond acceptors (Lipinski definition) is 8. The normalized spacial score (nSPS) is 22.4. The highest BCUT2D eigenvalue weighted by molar-refractivity contribution is 6.11. The standard InChI is InChI=1S/C26H28N8/c27-24-17-4-1-9-29-19(17)14-26(24)7-12-33(13-8-26)22-16-30-23-20(32-22)15-31-25(23)34-11-3-5-18-21(34)6-2-10-28-18/h1-2,4,6,9-10,16,24H,3,5,7-8,11-15,27H2/t24-/m1/s1. The molecule has 1 fully saturated rings. The van der Waals surface area contributed by atoms with Gasteiger partial charge in [-0.15, -0.1) is 0 Å². The fourth-order valence-electron chi connectivity index (χ4n) is 6.24. The Balaban J connectivity index is 1.09. The van der Waals surface area contributed by atoms with Crippen LogP contribution in [0.3, 0.4) is 0 Å². The Kier molecular flexibility index (Phi) is 4.45. The van der Waals surface area contributed by atoms with Gasteiger partial charge in [-0.25, -0.2) is 9.97 Å². The van der Waals surface area contributed by atoms with Crippen LogP contribution < -0.4 is 15.5 Å². The number of aryl methyl sites for hydroxylation is 1. The van der Waals surface area contributed by atoms with Crippen molar-refractivity contribution >= 4 is 17.3 Å². The molecule has 2 N–H and O–H groups in total. The molecule has 8 nitrogen and oxygen atoms in total. The van der Waals surface area contributed by atoms with E-state index in [0.717, 1.165) is 86.2 Å². The average molecular weight is 453 g/mol. The predicted octanol–water partition coefficient (Wildman–Crippen LogP) is 2.82. The molecule has 3 aromatic heterocycles. The van der Waals surface area contributed by atoms with Crippen LogP contribution in [0.5, 0.6) is 0 Å². The highest BCUT2D eigenvalue weighted by Gasteiger charge is 2.46. The first-order valence-corrected chi connectivity index (χ1v) is 12.3. The number of hydrogen-bond donors (Lipinski definition) is 1. The van der Waals surface area contributed by atoms with E-state index in [1.807, 2.05) is 30.7 Å². The maximum Gasteiger partial charge on any atom is 0.156 e. The van der Waals surface area contributed by atoms with E-state index in [0.29, 0.717) is 6.54 Å². The van der Waals surface area contributed by atoms with E-state index in [1.165, 1.54) is 11.3 Å². The third-order valence-corrected chi connectivity index (χ3v) is 8.15. The summed E-state index contributed by atoms with van der Waals surface area (Å²) in [6.07, 6.45) is 10.8. The van der Waals surface area contributed by atoms with E-state index in [9.17, 15) is 0 Å². The van der Waals surface area contributed by atoms with Crippen LogP contribution in [0.25, 0.3) is 0 Å². The number of rotatable bonds is 1. The SMILES string of the molecule is N[C@@H]1c2cccnc2CC12CCN(c1cnc3c(n1)CN=C3N1CCCc3ncccc31)CC2. The maximum atomic E-state index is 6.72. The molecule has 1 aliphatic carbocycles. The van der Waals surface area contributed by atoms with Gasteiger partial charge in [0.25, 0.3) is 0 Å². The van der Waals surface area contributed by atoms with Crippen molar-refractivity contribution in [3.05, 3.63) is 71.2 Å². The summed E-state index contributed by atoms with van der Waals surface area (Å²) in [4.78, 5) is 28.5. The molecule has 1 atom stereocenters. The van der Waals surface area contributed by atoms with E-state index >= 15 is 0 Å². The van der Waals surface area contributed by atoms with Crippen molar-refractivity contribution in [1.29, 1.82) is 0 Å². The van der Waals surface area contributed by atoms with Crippen LogP contribution in [0.1, 0.15) is 53.6 Å². The first kappa shape index (κ1) is 20.0. The summed E-state index contributed by atoms with van der Waals surface area (Å²) in [7, 11) is 0. The molecule has 0 radical (unpaired) electrons. The van der Waals surface area contributed by atoms with Crippen LogP contribution in [0.4, 0.5) is 11.5 Å². The van der Waals surface area contributed by atoms with Gasteiger partial charge in [0, 0.05) is 43.8 Å². The summed E-state index contributed by atoms with van der Waals surface area (Å²) in [5.41, 5.74) is 13.4. The molecule has 0 saturated carbocycles. The Bertz CT molecular complexity index is 1290. The van der Waals surface area contributed by atoms with Gasteiger partial charge in [-0.1, -0.05) is 6.07 Å². The van der Waals surface area contributed by atoms with Gasteiger partial charge in [0.15, 0.2) is 5.84 Å². The lowest BCUT2D eigenvalue weighted by atomic mass is 9.73. The molecule has 0 aromatic carbocycles. The van der Waals surface area contributed by atoms with Gasteiger partial charge in [-0.05, 0) is 61.3 Å². The molecule has 172 valence electrons. The van der Waals surface area contributed by atoms with Crippen LogP contribution in [-0.2, 0) is 19.4 Å². The van der Waals surface area contributed by atoms with E-state index in [-0.39, 0.29) is 11.5 Å². The number of nitrogens with zero attached hydrogens (tertiary/aromatic N) is 7. The number of aromatic nitrogens is 4. The Hall–Kier alpha value is -3.39. The summed E-state index contributed by atoms with van der Waals surface area (Å²) >= 11 is 0. The summed E-state index contributed by atoms with van der Waals surface area (Å²) in [6.45, 7) is 3.40. The van der Waals surface area contributed by atoms with Crippen LogP contribution in [0.2, 0.25) is 0 Å². The second-order valence-corrected chi connectivity index (χ2v) is 9.93. The fraction of sp³-hybridized carbons (Fsp3) is 0.423. The van der Waals surface area contributed by atoms with E-state index in [4.69, 9.17) is 20.7 Å². The zero-order chi connectivity index (χ0) is 22.7. The molecule has 34 heavy (non-hydrogen) atoms. The number of amidine groups is 1. The van der Waals surface area contributed by atoms with Gasteiger partial charge in [0.05, 0.1) is 29.8 Å². The molecule has 3 aromatic rings. The first-order chi connectivity index (χ1) is 16.7. The van der Waals surface area contributed by atoms with Crippen molar-refractivity contribution in [3.63, 3.8) is 0 Å². The third-order valence-electron chi connectivity index (χ3n) is 8.15. The molecule has 6 heterocycles. The maximum absolute atomic E-state index is 6.72. The predicted molar refractivity (Wildman–Crippen MR) is 131 cm³/mol. The highest BCUT2D eigenvalue weighted by Crippen LogP contribution is 2.50. The van der Waals surface area contributed by atoms with Crippen LogP contribution in [-0.4, -0.2) is 45.4 Å². The molecule has 0 unspecified atom stereocenters. The molecule has 4 aliphatic rings. The topological polar surface area (TPSA) is 96.4 Å². The summed E-state index contributed by atoms with van der Waals surface area (Å²) in [6, 6.07) is 8.35. The number of piperidine rings is 1. The Morgan fingerprint density at radius 1 is 0.941 bits per heavy atom. The van der Waals surface area contributed by atoms with E-state index in [1.54, 1.807) is 0 Å². The fourth-order valence-corrected chi connectivity index (χ4v) is 6.24.